The van der Waals surface area contributed by atoms with E-state index in [4.69, 9.17) is 22.4 Å². The van der Waals surface area contributed by atoms with Crippen molar-refractivity contribution in [2.75, 3.05) is 0 Å². The molecule has 0 fully saturated rings. The summed E-state index contributed by atoms with van der Waals surface area (Å²) >= 11 is 5.64. The van der Waals surface area contributed by atoms with Gasteiger partial charge in [-0.2, -0.15) is 4.72 Å². The lowest BCUT2D eigenvalue weighted by Crippen LogP contribution is -2.41. The average molecular weight is 321 g/mol. The first-order valence-corrected chi connectivity index (χ1v) is 7.37. The molecule has 9 heteroatoms. The van der Waals surface area contributed by atoms with Crippen LogP contribution in [0.1, 0.15) is 12.8 Å². The van der Waals surface area contributed by atoms with Crippen LogP contribution in [0.15, 0.2) is 29.2 Å². The van der Waals surface area contributed by atoms with Gasteiger partial charge in [0.1, 0.15) is 6.04 Å². The summed E-state index contributed by atoms with van der Waals surface area (Å²) in [6, 6.07) is 3.81. The minimum absolute atomic E-state index is 0.118. The van der Waals surface area contributed by atoms with Crippen molar-refractivity contribution in [3.05, 3.63) is 29.3 Å². The van der Waals surface area contributed by atoms with E-state index in [0.717, 1.165) is 0 Å². The number of nitrogens with two attached hydrogens (primary N) is 1. The van der Waals surface area contributed by atoms with Gasteiger partial charge >= 0.3 is 5.97 Å². The Morgan fingerprint density at radius 3 is 2.30 bits per heavy atom. The number of carbonyl (C=O) groups excluding carboxylic acids is 1. The molecule has 0 unspecified atom stereocenters. The summed E-state index contributed by atoms with van der Waals surface area (Å²) in [7, 11) is -4.01. The Morgan fingerprint density at radius 1 is 1.30 bits per heavy atom. The molecule has 1 amide bonds. The molecule has 0 aromatic heterocycles. The lowest BCUT2D eigenvalue weighted by molar-refractivity contribution is -0.139. The number of carboxylic acid groups (broad SMARTS) is 1. The van der Waals surface area contributed by atoms with Crippen molar-refractivity contribution in [1.29, 1.82) is 0 Å². The number of halogens is 1. The van der Waals surface area contributed by atoms with Crippen LogP contribution in [0.4, 0.5) is 0 Å². The molecule has 0 heterocycles. The van der Waals surface area contributed by atoms with Crippen LogP contribution in [0, 0.1) is 0 Å². The topological polar surface area (TPSA) is 127 Å². The van der Waals surface area contributed by atoms with Crippen molar-refractivity contribution in [2.45, 2.75) is 23.8 Å². The van der Waals surface area contributed by atoms with Crippen LogP contribution in [0.3, 0.4) is 0 Å². The molecule has 0 radical (unpaired) electrons. The maximum Gasteiger partial charge on any atom is 0.321 e. The Kier molecular flexibility index (Phi) is 5.49. The molecule has 1 atom stereocenters. The summed E-state index contributed by atoms with van der Waals surface area (Å²) in [6.45, 7) is 0. The second-order valence-corrected chi connectivity index (χ2v) is 6.12. The molecule has 20 heavy (non-hydrogen) atoms. The van der Waals surface area contributed by atoms with Gasteiger partial charge in [0.05, 0.1) is 4.90 Å². The summed E-state index contributed by atoms with van der Waals surface area (Å²) in [5.41, 5.74) is 4.91. The highest BCUT2D eigenvalue weighted by molar-refractivity contribution is 7.89. The van der Waals surface area contributed by atoms with E-state index in [9.17, 15) is 18.0 Å². The zero-order valence-corrected chi connectivity index (χ0v) is 11.8. The van der Waals surface area contributed by atoms with Gasteiger partial charge in [-0.25, -0.2) is 8.42 Å². The molecule has 1 aromatic rings. The first kappa shape index (κ1) is 16.4. The quantitative estimate of drug-likeness (QED) is 0.667. The second-order valence-electron chi connectivity index (χ2n) is 3.97. The highest BCUT2D eigenvalue weighted by atomic mass is 35.5. The van der Waals surface area contributed by atoms with Gasteiger partial charge in [0.25, 0.3) is 0 Å². The molecular formula is C11H13ClN2O5S. The molecular weight excluding hydrogens is 308 g/mol. The Bertz CT molecular complexity index is 600. The van der Waals surface area contributed by atoms with Crippen LogP contribution in [-0.4, -0.2) is 31.4 Å². The van der Waals surface area contributed by atoms with E-state index >= 15 is 0 Å². The minimum atomic E-state index is -4.01. The molecule has 0 aliphatic heterocycles. The van der Waals surface area contributed by atoms with Crippen LogP contribution < -0.4 is 10.5 Å². The van der Waals surface area contributed by atoms with E-state index in [0.29, 0.717) is 5.02 Å². The number of benzene rings is 1. The number of hydrogen-bond donors (Lipinski definition) is 3. The van der Waals surface area contributed by atoms with Gasteiger partial charge in [-0.3, -0.25) is 9.59 Å². The number of nitrogens with one attached hydrogen (secondary N) is 1. The van der Waals surface area contributed by atoms with Gasteiger partial charge < -0.3 is 10.8 Å². The van der Waals surface area contributed by atoms with E-state index in [1.807, 2.05) is 4.72 Å². The van der Waals surface area contributed by atoms with Gasteiger partial charge in [-0.1, -0.05) is 11.6 Å². The Labute approximate surface area is 120 Å². The maximum atomic E-state index is 12.0. The summed E-state index contributed by atoms with van der Waals surface area (Å²) in [6.07, 6.45) is -0.461. The van der Waals surface area contributed by atoms with Crippen molar-refractivity contribution in [2.24, 2.45) is 5.73 Å². The fourth-order valence-corrected chi connectivity index (χ4v) is 2.74. The number of carbonyl (C=O) groups is 2. The third-order valence-electron chi connectivity index (χ3n) is 2.40. The van der Waals surface area contributed by atoms with E-state index in [-0.39, 0.29) is 17.7 Å². The van der Waals surface area contributed by atoms with E-state index < -0.39 is 27.9 Å². The molecule has 0 saturated heterocycles. The zero-order chi connectivity index (χ0) is 15.3. The minimum Gasteiger partial charge on any atom is -0.480 e. The molecule has 0 aliphatic rings. The average Bonchev–Trinajstić information content (AvgIpc) is 2.34. The molecule has 1 rings (SSSR count). The number of sulfonamides is 1. The highest BCUT2D eigenvalue weighted by Gasteiger charge is 2.25. The number of amides is 1. The van der Waals surface area contributed by atoms with Crippen molar-refractivity contribution in [3.8, 4) is 0 Å². The lowest BCUT2D eigenvalue weighted by atomic mass is 10.2. The van der Waals surface area contributed by atoms with E-state index in [1.54, 1.807) is 0 Å². The van der Waals surface area contributed by atoms with Crippen molar-refractivity contribution >= 4 is 33.5 Å². The van der Waals surface area contributed by atoms with Crippen LogP contribution >= 0.6 is 11.6 Å². The summed E-state index contributed by atoms with van der Waals surface area (Å²) in [5, 5.41) is 9.29. The molecule has 7 nitrogen and oxygen atoms in total. The number of aliphatic carboxylic acids is 1. The highest BCUT2D eigenvalue weighted by Crippen LogP contribution is 2.15. The number of rotatable bonds is 7. The number of hydrogen-bond acceptors (Lipinski definition) is 4. The van der Waals surface area contributed by atoms with E-state index in [2.05, 4.69) is 0 Å². The fraction of sp³-hybridized carbons (Fsp3) is 0.273. The largest absolute Gasteiger partial charge is 0.480 e. The number of primary amides is 1. The standard InChI is InChI=1S/C11H13ClN2O5S/c12-7-1-3-8(4-2-7)20(18,19)14-9(11(16)17)5-6-10(13)15/h1-4,9,14H,5-6H2,(H2,13,15)(H,16,17)/t9-/m0/s1. The first-order chi connectivity index (χ1) is 9.22. The smallest absolute Gasteiger partial charge is 0.321 e. The molecule has 0 aliphatic carbocycles. The lowest BCUT2D eigenvalue weighted by Gasteiger charge is -2.14. The van der Waals surface area contributed by atoms with Gasteiger partial charge in [-0.15, -0.1) is 0 Å². The van der Waals surface area contributed by atoms with Crippen LogP contribution in [0.5, 0.6) is 0 Å². The predicted octanol–water partition coefficient (Wildman–Crippen LogP) is 0.337. The molecule has 1 aromatic carbocycles. The van der Waals surface area contributed by atoms with Crippen LogP contribution in [-0.2, 0) is 19.6 Å². The fourth-order valence-electron chi connectivity index (χ4n) is 1.39. The predicted molar refractivity (Wildman–Crippen MR) is 71.6 cm³/mol. The Morgan fingerprint density at radius 2 is 1.85 bits per heavy atom. The third-order valence-corrected chi connectivity index (χ3v) is 4.14. The zero-order valence-electron chi connectivity index (χ0n) is 10.2. The third kappa shape index (κ3) is 4.80. The maximum absolute atomic E-state index is 12.0. The normalized spacial score (nSPS) is 12.8. The Balaban J connectivity index is 2.88. The van der Waals surface area contributed by atoms with Gasteiger partial charge in [-0.05, 0) is 30.7 Å². The summed E-state index contributed by atoms with van der Waals surface area (Å²) < 4.78 is 25.9. The number of carboxylic acids is 1. The van der Waals surface area contributed by atoms with Gasteiger partial charge in [0, 0.05) is 11.4 Å². The van der Waals surface area contributed by atoms with Crippen LogP contribution in [0.2, 0.25) is 5.02 Å². The Hall–Kier alpha value is -1.64. The second kappa shape index (κ2) is 6.69. The van der Waals surface area contributed by atoms with E-state index in [1.165, 1.54) is 24.3 Å². The van der Waals surface area contributed by atoms with Crippen molar-refractivity contribution in [3.63, 3.8) is 0 Å². The molecule has 110 valence electrons. The monoisotopic (exact) mass is 320 g/mol. The summed E-state index contributed by atoms with van der Waals surface area (Å²) in [5.74, 6) is -2.09. The molecule has 0 bridgehead atoms. The van der Waals surface area contributed by atoms with Gasteiger partial charge in [0.15, 0.2) is 0 Å². The van der Waals surface area contributed by atoms with Crippen molar-refractivity contribution < 1.29 is 23.1 Å². The van der Waals surface area contributed by atoms with Crippen molar-refractivity contribution in [1.82, 2.24) is 4.72 Å². The summed E-state index contributed by atoms with van der Waals surface area (Å²) in [4.78, 5) is 21.5. The molecule has 4 N–H and O–H groups in total. The first-order valence-electron chi connectivity index (χ1n) is 5.51. The van der Waals surface area contributed by atoms with Crippen LogP contribution in [0.25, 0.3) is 0 Å². The SMILES string of the molecule is NC(=O)CC[C@H](NS(=O)(=O)c1ccc(Cl)cc1)C(=O)O. The van der Waals surface area contributed by atoms with Gasteiger partial charge in [0.2, 0.25) is 15.9 Å². The molecule has 0 spiro atoms. The molecule has 0 saturated carbocycles.